The smallest absolute Gasteiger partial charge is 0.269 e. The first kappa shape index (κ1) is 16.9. The highest BCUT2D eigenvalue weighted by Crippen LogP contribution is 2.31. The molecule has 6 heteroatoms. The van der Waals surface area contributed by atoms with Crippen molar-refractivity contribution in [3.8, 4) is 11.5 Å². The number of hydrogen-bond acceptors (Lipinski definition) is 5. The Morgan fingerprint density at radius 2 is 1.88 bits per heavy atom. The monoisotopic (exact) mass is 354 g/mol. The fraction of sp³-hybridized carbons (Fsp3) is 0.350. The summed E-state index contributed by atoms with van der Waals surface area (Å²) in [4.78, 5) is 14.9. The first-order valence-electron chi connectivity index (χ1n) is 8.86. The van der Waals surface area contributed by atoms with Gasteiger partial charge >= 0.3 is 0 Å². The van der Waals surface area contributed by atoms with E-state index in [1.807, 2.05) is 36.4 Å². The number of amides is 1. The average Bonchev–Trinajstić information content (AvgIpc) is 2.68. The maximum Gasteiger partial charge on any atom is 0.269 e. The van der Waals surface area contributed by atoms with Crippen LogP contribution in [-0.2, 0) is 16.1 Å². The van der Waals surface area contributed by atoms with Crippen molar-refractivity contribution in [2.75, 3.05) is 38.2 Å². The van der Waals surface area contributed by atoms with E-state index in [4.69, 9.17) is 14.2 Å². The Hall–Kier alpha value is -2.57. The van der Waals surface area contributed by atoms with Crippen molar-refractivity contribution in [2.45, 2.75) is 12.6 Å². The molecule has 2 aromatic carbocycles. The number of nitrogens with one attached hydrogen (secondary N) is 1. The molecule has 2 aromatic rings. The molecule has 0 radical (unpaired) electrons. The molecule has 2 heterocycles. The Kier molecular flexibility index (Phi) is 5.04. The minimum atomic E-state index is -0.659. The summed E-state index contributed by atoms with van der Waals surface area (Å²) in [6.45, 7) is 4.47. The second kappa shape index (κ2) is 7.76. The van der Waals surface area contributed by atoms with Gasteiger partial charge in [0.1, 0.15) is 6.61 Å². The summed E-state index contributed by atoms with van der Waals surface area (Å²) in [5.41, 5.74) is 1.93. The van der Waals surface area contributed by atoms with E-state index in [-0.39, 0.29) is 12.5 Å². The number of benzene rings is 2. The average molecular weight is 354 g/mol. The molecule has 4 rings (SSSR count). The Labute approximate surface area is 152 Å². The third-order valence-corrected chi connectivity index (χ3v) is 4.51. The number of morpholine rings is 1. The van der Waals surface area contributed by atoms with Gasteiger partial charge in [0.15, 0.2) is 11.5 Å². The Morgan fingerprint density at radius 3 is 2.73 bits per heavy atom. The van der Waals surface area contributed by atoms with Crippen molar-refractivity contribution in [3.05, 3.63) is 54.1 Å². The molecule has 1 amide bonds. The number of rotatable bonds is 4. The predicted molar refractivity (Wildman–Crippen MR) is 97.5 cm³/mol. The maximum absolute atomic E-state index is 12.5. The molecule has 1 saturated heterocycles. The molecule has 0 saturated carbocycles. The van der Waals surface area contributed by atoms with Crippen LogP contribution in [0, 0.1) is 0 Å². The van der Waals surface area contributed by atoms with Crippen LogP contribution in [0.2, 0.25) is 0 Å². The van der Waals surface area contributed by atoms with Gasteiger partial charge in [-0.05, 0) is 29.8 Å². The number of fused-ring (bicyclic) bond motifs is 1. The minimum absolute atomic E-state index is 0.205. The quantitative estimate of drug-likeness (QED) is 0.913. The number of nitrogens with zero attached hydrogens (tertiary/aromatic N) is 1. The molecule has 2 aliphatic heterocycles. The first-order chi connectivity index (χ1) is 12.8. The SMILES string of the molecule is O=C(Nc1cccc(CN2CCOCC2)c1)[C@@H]1COc2ccccc2O1. The largest absolute Gasteiger partial charge is 0.485 e. The molecule has 1 N–H and O–H groups in total. The Bertz CT molecular complexity index is 774. The molecule has 0 unspecified atom stereocenters. The summed E-state index contributed by atoms with van der Waals surface area (Å²) < 4.78 is 16.8. The van der Waals surface area contributed by atoms with Crippen LogP contribution in [0.1, 0.15) is 5.56 Å². The Balaban J connectivity index is 1.38. The van der Waals surface area contributed by atoms with E-state index in [1.54, 1.807) is 6.07 Å². The van der Waals surface area contributed by atoms with Gasteiger partial charge in [-0.3, -0.25) is 9.69 Å². The van der Waals surface area contributed by atoms with Crippen LogP contribution in [0.4, 0.5) is 5.69 Å². The lowest BCUT2D eigenvalue weighted by Gasteiger charge is -2.27. The van der Waals surface area contributed by atoms with E-state index in [0.717, 1.165) is 44.1 Å². The molecule has 0 bridgehead atoms. The van der Waals surface area contributed by atoms with Crippen LogP contribution in [0.25, 0.3) is 0 Å². The number of hydrogen-bond donors (Lipinski definition) is 1. The third-order valence-electron chi connectivity index (χ3n) is 4.51. The van der Waals surface area contributed by atoms with Crippen LogP contribution in [0.5, 0.6) is 11.5 Å². The molecular weight excluding hydrogens is 332 g/mol. The van der Waals surface area contributed by atoms with Crippen molar-refractivity contribution < 1.29 is 19.0 Å². The van der Waals surface area contributed by atoms with Crippen molar-refractivity contribution >= 4 is 11.6 Å². The van der Waals surface area contributed by atoms with Crippen LogP contribution < -0.4 is 14.8 Å². The summed E-state index contributed by atoms with van der Waals surface area (Å²) in [6.07, 6.45) is -0.659. The van der Waals surface area contributed by atoms with Gasteiger partial charge in [0, 0.05) is 25.3 Å². The first-order valence-corrected chi connectivity index (χ1v) is 8.86. The zero-order chi connectivity index (χ0) is 17.8. The molecule has 2 aliphatic rings. The van der Waals surface area contributed by atoms with Gasteiger partial charge in [-0.2, -0.15) is 0 Å². The fourth-order valence-corrected chi connectivity index (χ4v) is 3.14. The van der Waals surface area contributed by atoms with Crippen molar-refractivity contribution in [1.29, 1.82) is 0 Å². The minimum Gasteiger partial charge on any atom is -0.485 e. The van der Waals surface area contributed by atoms with Crippen molar-refractivity contribution in [2.24, 2.45) is 0 Å². The van der Waals surface area contributed by atoms with Gasteiger partial charge in [0.05, 0.1) is 13.2 Å². The molecule has 136 valence electrons. The molecule has 0 aromatic heterocycles. The van der Waals surface area contributed by atoms with Crippen molar-refractivity contribution in [3.63, 3.8) is 0 Å². The highest BCUT2D eigenvalue weighted by Gasteiger charge is 2.27. The summed E-state index contributed by atoms with van der Waals surface area (Å²) in [5.74, 6) is 1.06. The number of carbonyl (C=O) groups excluding carboxylic acids is 1. The predicted octanol–water partition coefficient (Wildman–Crippen LogP) is 2.30. The lowest BCUT2D eigenvalue weighted by molar-refractivity contribution is -0.125. The number of carbonyl (C=O) groups is 1. The van der Waals surface area contributed by atoms with Gasteiger partial charge in [-0.1, -0.05) is 24.3 Å². The number of para-hydroxylation sites is 2. The van der Waals surface area contributed by atoms with Crippen LogP contribution in [-0.4, -0.2) is 49.8 Å². The molecule has 1 atom stereocenters. The second-order valence-electron chi connectivity index (χ2n) is 6.44. The molecular formula is C20H22N2O4. The highest BCUT2D eigenvalue weighted by molar-refractivity contribution is 5.94. The van der Waals surface area contributed by atoms with Gasteiger partial charge < -0.3 is 19.5 Å². The summed E-state index contributed by atoms with van der Waals surface area (Å²) in [5, 5.41) is 2.93. The highest BCUT2D eigenvalue weighted by atomic mass is 16.6. The molecule has 1 fully saturated rings. The van der Waals surface area contributed by atoms with E-state index in [9.17, 15) is 4.79 Å². The van der Waals surface area contributed by atoms with Gasteiger partial charge in [-0.15, -0.1) is 0 Å². The number of anilines is 1. The standard InChI is InChI=1S/C20H22N2O4/c23-20(19-14-25-17-6-1-2-7-18(17)26-19)21-16-5-3-4-15(12-16)13-22-8-10-24-11-9-22/h1-7,12,19H,8-11,13-14H2,(H,21,23)/t19-/m0/s1. The topological polar surface area (TPSA) is 60.0 Å². The molecule has 0 aliphatic carbocycles. The van der Waals surface area contributed by atoms with Gasteiger partial charge in [0.25, 0.3) is 5.91 Å². The van der Waals surface area contributed by atoms with Crippen molar-refractivity contribution in [1.82, 2.24) is 4.90 Å². The lowest BCUT2D eigenvalue weighted by atomic mass is 10.1. The lowest BCUT2D eigenvalue weighted by Crippen LogP contribution is -2.40. The summed E-state index contributed by atoms with van der Waals surface area (Å²) >= 11 is 0. The molecule has 0 spiro atoms. The van der Waals surface area contributed by atoms with E-state index < -0.39 is 6.10 Å². The van der Waals surface area contributed by atoms with E-state index >= 15 is 0 Å². The summed E-state index contributed by atoms with van der Waals surface area (Å²) in [6, 6.07) is 15.3. The normalized spacial score (nSPS) is 19.8. The zero-order valence-corrected chi connectivity index (χ0v) is 14.5. The van der Waals surface area contributed by atoms with E-state index in [0.29, 0.717) is 11.5 Å². The van der Waals surface area contributed by atoms with E-state index in [1.165, 1.54) is 0 Å². The Morgan fingerprint density at radius 1 is 1.08 bits per heavy atom. The zero-order valence-electron chi connectivity index (χ0n) is 14.5. The van der Waals surface area contributed by atoms with Crippen LogP contribution in [0.3, 0.4) is 0 Å². The molecule has 6 nitrogen and oxygen atoms in total. The number of ether oxygens (including phenoxy) is 3. The van der Waals surface area contributed by atoms with Crippen LogP contribution >= 0.6 is 0 Å². The summed E-state index contributed by atoms with van der Waals surface area (Å²) in [7, 11) is 0. The second-order valence-corrected chi connectivity index (χ2v) is 6.44. The van der Waals surface area contributed by atoms with E-state index in [2.05, 4.69) is 16.3 Å². The fourth-order valence-electron chi connectivity index (χ4n) is 3.14. The third kappa shape index (κ3) is 3.98. The maximum atomic E-state index is 12.5. The molecule has 26 heavy (non-hydrogen) atoms. The van der Waals surface area contributed by atoms with Gasteiger partial charge in [-0.25, -0.2) is 0 Å². The van der Waals surface area contributed by atoms with Gasteiger partial charge in [0.2, 0.25) is 6.10 Å². The van der Waals surface area contributed by atoms with Crippen LogP contribution in [0.15, 0.2) is 48.5 Å².